The van der Waals surface area contributed by atoms with Gasteiger partial charge in [0.2, 0.25) is 0 Å². The molecule has 3 aromatic rings. The van der Waals surface area contributed by atoms with E-state index in [4.69, 9.17) is 4.74 Å². The summed E-state index contributed by atoms with van der Waals surface area (Å²) in [5.74, 6) is 0.962. The van der Waals surface area contributed by atoms with E-state index < -0.39 is 6.36 Å². The van der Waals surface area contributed by atoms with Gasteiger partial charge in [-0.2, -0.15) is 0 Å². The maximum absolute atomic E-state index is 12.4. The van der Waals surface area contributed by atoms with E-state index in [1.165, 1.54) is 11.6 Å². The lowest BCUT2D eigenvalue weighted by molar-refractivity contribution is -0.275. The molecule has 0 bridgehead atoms. The molecule has 1 saturated heterocycles. The number of likely N-dealkylation sites (tertiary alicyclic amines) is 1. The number of piperidine rings is 1. The van der Waals surface area contributed by atoms with Gasteiger partial charge >= 0.3 is 6.36 Å². The molecule has 3 aromatic carbocycles. The van der Waals surface area contributed by atoms with Crippen LogP contribution in [0.3, 0.4) is 0 Å². The van der Waals surface area contributed by atoms with E-state index in [-0.39, 0.29) is 11.5 Å². The Labute approximate surface area is 230 Å². The third kappa shape index (κ3) is 11.9. The van der Waals surface area contributed by atoms with Crippen molar-refractivity contribution in [2.45, 2.75) is 60.4 Å². The first-order valence-corrected chi connectivity index (χ1v) is 13.0. The van der Waals surface area contributed by atoms with Crippen molar-refractivity contribution in [3.05, 3.63) is 95.1 Å². The van der Waals surface area contributed by atoms with Gasteiger partial charge in [-0.3, -0.25) is 9.69 Å². The molecule has 4 rings (SSSR count). The van der Waals surface area contributed by atoms with E-state index in [1.807, 2.05) is 55.5 Å². The molecule has 0 aliphatic carbocycles. The smallest absolute Gasteiger partial charge is 0.497 e. The van der Waals surface area contributed by atoms with Crippen molar-refractivity contribution in [1.29, 1.82) is 0 Å². The van der Waals surface area contributed by atoms with E-state index >= 15 is 0 Å². The normalized spacial score (nSPS) is 14.7. The summed E-state index contributed by atoms with van der Waals surface area (Å²) in [4.78, 5) is 13.1. The molecule has 0 aromatic heterocycles. The molecular formula is C32H40F3NO3. The van der Waals surface area contributed by atoms with Crippen LogP contribution in [0.25, 0.3) is 0 Å². The van der Waals surface area contributed by atoms with Gasteiger partial charge < -0.3 is 9.47 Å². The Bertz CT molecular complexity index is 1160. The van der Waals surface area contributed by atoms with Gasteiger partial charge in [0.1, 0.15) is 11.5 Å². The largest absolute Gasteiger partial charge is 0.573 e. The molecule has 1 fully saturated rings. The minimum absolute atomic E-state index is 0.0927. The Hall–Kier alpha value is -3.32. The number of halogens is 3. The predicted octanol–water partition coefficient (Wildman–Crippen LogP) is 8.41. The fourth-order valence-electron chi connectivity index (χ4n) is 4.06. The molecule has 1 aliphatic rings. The Morgan fingerprint density at radius 2 is 1.46 bits per heavy atom. The quantitative estimate of drug-likeness (QED) is 0.303. The molecule has 0 unspecified atom stereocenters. The highest BCUT2D eigenvalue weighted by Crippen LogP contribution is 2.32. The lowest BCUT2D eigenvalue weighted by atomic mass is 9.82. The van der Waals surface area contributed by atoms with Crippen molar-refractivity contribution < 1.29 is 27.4 Å². The Morgan fingerprint density at radius 1 is 0.897 bits per heavy atom. The van der Waals surface area contributed by atoms with E-state index in [2.05, 4.69) is 30.4 Å². The lowest BCUT2D eigenvalue weighted by Gasteiger charge is -2.37. The molecule has 0 radical (unpaired) electrons. The molecule has 0 amide bonds. The Balaban J connectivity index is 0.000000233. The number of aryl methyl sites for hydroxylation is 2. The van der Waals surface area contributed by atoms with Gasteiger partial charge in [0.25, 0.3) is 0 Å². The molecule has 1 heterocycles. The number of nitrogens with zero attached hydrogens (tertiary/aromatic N) is 1. The number of carbonyl (C=O) groups excluding carboxylic acids is 1. The van der Waals surface area contributed by atoms with Crippen molar-refractivity contribution in [2.75, 3.05) is 20.2 Å². The maximum Gasteiger partial charge on any atom is 0.573 e. The van der Waals surface area contributed by atoms with Gasteiger partial charge in [-0.05, 0) is 75.9 Å². The minimum Gasteiger partial charge on any atom is -0.497 e. The third-order valence-electron chi connectivity index (χ3n) is 6.58. The number of para-hydroxylation sites is 1. The molecule has 212 valence electrons. The van der Waals surface area contributed by atoms with Crippen molar-refractivity contribution in [1.82, 2.24) is 4.90 Å². The highest BCUT2D eigenvalue weighted by molar-refractivity contribution is 5.95. The van der Waals surface area contributed by atoms with Gasteiger partial charge in [0.05, 0.1) is 7.11 Å². The van der Waals surface area contributed by atoms with Crippen LogP contribution < -0.4 is 9.47 Å². The Kier molecular flexibility index (Phi) is 12.0. The zero-order chi connectivity index (χ0) is 29.1. The molecule has 0 atom stereocenters. The molecule has 0 saturated carbocycles. The zero-order valence-corrected chi connectivity index (χ0v) is 23.8. The molecule has 7 heteroatoms. The van der Waals surface area contributed by atoms with E-state index in [9.17, 15) is 18.0 Å². The van der Waals surface area contributed by atoms with Crippen molar-refractivity contribution >= 4 is 5.78 Å². The van der Waals surface area contributed by atoms with Crippen LogP contribution >= 0.6 is 0 Å². The summed E-state index contributed by atoms with van der Waals surface area (Å²) in [5.41, 5.74) is 4.05. The maximum atomic E-state index is 12.4. The second kappa shape index (κ2) is 14.7. The number of ketones is 1. The second-order valence-electron chi connectivity index (χ2n) is 10.5. The van der Waals surface area contributed by atoms with Gasteiger partial charge in [0, 0.05) is 17.7 Å². The van der Waals surface area contributed by atoms with Crippen molar-refractivity contribution in [2.24, 2.45) is 5.41 Å². The van der Waals surface area contributed by atoms with Crippen LogP contribution in [-0.2, 0) is 6.54 Å². The summed E-state index contributed by atoms with van der Waals surface area (Å²) in [6.07, 6.45) is -2.51. The lowest BCUT2D eigenvalue weighted by Crippen LogP contribution is -2.36. The second-order valence-corrected chi connectivity index (χ2v) is 10.5. The van der Waals surface area contributed by atoms with Crippen molar-refractivity contribution in [3.63, 3.8) is 0 Å². The summed E-state index contributed by atoms with van der Waals surface area (Å²) in [7, 11) is 1.67. The fourth-order valence-corrected chi connectivity index (χ4v) is 4.06. The molecule has 39 heavy (non-hydrogen) atoms. The number of Topliss-reactive ketones (excluding diaryl/α,β-unsaturated/α-hetero) is 1. The fraction of sp³-hybridized carbons (Fsp3) is 0.406. The number of methoxy groups -OCH3 is 1. The number of carbonyl (C=O) groups is 1. The first kappa shape index (κ1) is 31.9. The highest BCUT2D eigenvalue weighted by Gasteiger charge is 2.32. The number of hydrogen-bond acceptors (Lipinski definition) is 4. The van der Waals surface area contributed by atoms with Crippen LogP contribution in [0.5, 0.6) is 11.5 Å². The number of hydrogen-bond donors (Lipinski definition) is 0. The molecule has 1 aliphatic heterocycles. The average Bonchev–Trinajstić information content (AvgIpc) is 2.87. The first-order valence-electron chi connectivity index (χ1n) is 13.0. The minimum atomic E-state index is -4.64. The van der Waals surface area contributed by atoms with Gasteiger partial charge in [-0.25, -0.2) is 0 Å². The summed E-state index contributed by atoms with van der Waals surface area (Å²) < 4.78 is 46.2. The first-order chi connectivity index (χ1) is 18.3. The number of ether oxygens (including phenoxy) is 2. The Morgan fingerprint density at radius 3 is 1.97 bits per heavy atom. The molecular weight excluding hydrogens is 503 g/mol. The summed E-state index contributed by atoms with van der Waals surface area (Å²) in [6.45, 7) is 12.4. The van der Waals surface area contributed by atoms with Crippen LogP contribution in [0, 0.1) is 19.3 Å². The summed E-state index contributed by atoms with van der Waals surface area (Å²) in [5, 5.41) is 0. The van der Waals surface area contributed by atoms with Crippen LogP contribution in [-0.4, -0.2) is 37.2 Å². The number of rotatable bonds is 5. The standard InChI is InChI=1S/C15H20F3NO.C9H10O.C8H10O/c1-14(2)7-9-19(10-8-14)11-12-5-3-4-6-13(12)20-15(16,17)18;1-7-5-3-4-6-9(7)8(2)10;1-7-3-5-8(9-2)6-4-7/h3-6H,7-11H2,1-2H3;3-6H,1-2H3;3-6H,1-2H3. The topological polar surface area (TPSA) is 38.8 Å². The van der Waals surface area contributed by atoms with Crippen LogP contribution in [0.15, 0.2) is 72.8 Å². The highest BCUT2D eigenvalue weighted by atomic mass is 19.4. The monoisotopic (exact) mass is 543 g/mol. The van der Waals surface area contributed by atoms with Crippen LogP contribution in [0.4, 0.5) is 13.2 Å². The van der Waals surface area contributed by atoms with Crippen molar-refractivity contribution in [3.8, 4) is 11.5 Å². The number of alkyl halides is 3. The zero-order valence-electron chi connectivity index (χ0n) is 23.8. The van der Waals surface area contributed by atoms with E-state index in [1.54, 1.807) is 32.2 Å². The molecule has 4 nitrogen and oxygen atoms in total. The third-order valence-corrected chi connectivity index (χ3v) is 6.58. The summed E-state index contributed by atoms with van der Waals surface area (Å²) >= 11 is 0. The predicted molar refractivity (Wildman–Crippen MR) is 150 cm³/mol. The average molecular weight is 544 g/mol. The van der Waals surface area contributed by atoms with Gasteiger partial charge in [-0.1, -0.05) is 74.0 Å². The molecule has 0 spiro atoms. The number of benzene rings is 3. The van der Waals surface area contributed by atoms with Crippen LogP contribution in [0.1, 0.15) is 60.7 Å². The van der Waals surface area contributed by atoms with E-state index in [0.29, 0.717) is 17.5 Å². The van der Waals surface area contributed by atoms with Gasteiger partial charge in [-0.15, -0.1) is 13.2 Å². The molecule has 0 N–H and O–H groups in total. The van der Waals surface area contributed by atoms with Gasteiger partial charge in [0.15, 0.2) is 5.78 Å². The van der Waals surface area contributed by atoms with Crippen LogP contribution in [0.2, 0.25) is 0 Å². The SMILES string of the molecule is CC(=O)c1ccccc1C.CC1(C)CCN(Cc2ccccc2OC(F)(F)F)CC1.COc1ccc(C)cc1. The van der Waals surface area contributed by atoms with E-state index in [0.717, 1.165) is 42.8 Å². The summed E-state index contributed by atoms with van der Waals surface area (Å²) in [6, 6.07) is 21.9.